The highest BCUT2D eigenvalue weighted by atomic mass is 35.5. The number of nitrogens with zero attached hydrogens (tertiary/aromatic N) is 1. The number of hydrogen-bond donors (Lipinski definition) is 1. The summed E-state index contributed by atoms with van der Waals surface area (Å²) >= 11 is 5.83. The largest absolute Gasteiger partial charge is 0.399 e. The molecule has 0 saturated carbocycles. The molecule has 2 rings (SSSR count). The van der Waals surface area contributed by atoms with Crippen molar-refractivity contribution < 1.29 is 4.79 Å². The van der Waals surface area contributed by atoms with Crippen LogP contribution in [-0.4, -0.2) is 10.8 Å². The lowest BCUT2D eigenvalue weighted by Crippen LogP contribution is -2.04. The predicted octanol–water partition coefficient (Wildman–Crippen LogP) is 2.55. The number of pyridine rings is 1. The van der Waals surface area contributed by atoms with Gasteiger partial charge in [-0.05, 0) is 30.3 Å². The normalized spacial score (nSPS) is 10.1. The van der Waals surface area contributed by atoms with Crippen LogP contribution in [0.15, 0.2) is 42.6 Å². The fourth-order valence-electron chi connectivity index (χ4n) is 1.39. The second-order valence-corrected chi connectivity index (χ2v) is 3.75. The van der Waals surface area contributed by atoms with Crippen LogP contribution in [0.25, 0.3) is 0 Å². The van der Waals surface area contributed by atoms with Gasteiger partial charge < -0.3 is 5.73 Å². The third kappa shape index (κ3) is 2.20. The van der Waals surface area contributed by atoms with Crippen LogP contribution in [0.5, 0.6) is 0 Å². The maximum absolute atomic E-state index is 12.0. The number of nitrogens with two attached hydrogens (primary N) is 1. The average molecular weight is 233 g/mol. The smallest absolute Gasteiger partial charge is 0.211 e. The van der Waals surface area contributed by atoms with Crippen LogP contribution in [-0.2, 0) is 0 Å². The van der Waals surface area contributed by atoms with Gasteiger partial charge in [0, 0.05) is 22.5 Å². The first-order valence-electron chi connectivity index (χ1n) is 4.68. The van der Waals surface area contributed by atoms with Crippen molar-refractivity contribution in [3.05, 3.63) is 58.9 Å². The molecule has 0 spiro atoms. The summed E-state index contributed by atoms with van der Waals surface area (Å²) < 4.78 is 0. The number of ketones is 1. The summed E-state index contributed by atoms with van der Waals surface area (Å²) in [6.45, 7) is 0. The van der Waals surface area contributed by atoms with Crippen LogP contribution in [0.3, 0.4) is 0 Å². The van der Waals surface area contributed by atoms with Crippen molar-refractivity contribution in [3.8, 4) is 0 Å². The molecular weight excluding hydrogens is 224 g/mol. The number of carbonyl (C=O) groups is 1. The van der Waals surface area contributed by atoms with Crippen molar-refractivity contribution in [2.45, 2.75) is 0 Å². The zero-order valence-electron chi connectivity index (χ0n) is 8.35. The SMILES string of the molecule is Nc1cc(Cl)cc(C(=O)c2ccccn2)c1. The minimum atomic E-state index is -0.185. The molecule has 0 saturated heterocycles. The summed E-state index contributed by atoms with van der Waals surface area (Å²) in [5.41, 5.74) is 6.91. The number of hydrogen-bond acceptors (Lipinski definition) is 3. The summed E-state index contributed by atoms with van der Waals surface area (Å²) in [7, 11) is 0. The molecule has 0 radical (unpaired) electrons. The van der Waals surface area contributed by atoms with Gasteiger partial charge in [-0.2, -0.15) is 0 Å². The Balaban J connectivity index is 2.42. The fraction of sp³-hybridized carbons (Fsp3) is 0. The molecule has 3 nitrogen and oxygen atoms in total. The van der Waals surface area contributed by atoms with E-state index in [1.54, 1.807) is 42.6 Å². The van der Waals surface area contributed by atoms with Gasteiger partial charge in [-0.15, -0.1) is 0 Å². The van der Waals surface area contributed by atoms with E-state index >= 15 is 0 Å². The molecule has 0 amide bonds. The molecule has 0 unspecified atom stereocenters. The standard InChI is InChI=1S/C12H9ClN2O/c13-9-5-8(6-10(14)7-9)12(16)11-3-1-2-4-15-11/h1-7H,14H2. The number of anilines is 1. The molecule has 1 aromatic carbocycles. The summed E-state index contributed by atoms with van der Waals surface area (Å²) in [5.74, 6) is -0.185. The second kappa shape index (κ2) is 4.33. The molecule has 0 aliphatic heterocycles. The van der Waals surface area contributed by atoms with Crippen molar-refractivity contribution in [1.29, 1.82) is 0 Å². The van der Waals surface area contributed by atoms with E-state index in [0.29, 0.717) is 22.0 Å². The molecule has 0 aliphatic rings. The van der Waals surface area contributed by atoms with Crippen molar-refractivity contribution in [1.82, 2.24) is 4.98 Å². The topological polar surface area (TPSA) is 56.0 Å². The molecule has 0 atom stereocenters. The Morgan fingerprint density at radius 3 is 2.69 bits per heavy atom. The van der Waals surface area contributed by atoms with Crippen LogP contribution < -0.4 is 5.73 Å². The molecule has 1 heterocycles. The number of rotatable bonds is 2. The molecule has 0 bridgehead atoms. The molecule has 80 valence electrons. The number of benzene rings is 1. The second-order valence-electron chi connectivity index (χ2n) is 3.32. The van der Waals surface area contributed by atoms with Gasteiger partial charge >= 0.3 is 0 Å². The van der Waals surface area contributed by atoms with Gasteiger partial charge in [0.2, 0.25) is 5.78 Å². The first kappa shape index (κ1) is 10.6. The van der Waals surface area contributed by atoms with E-state index in [9.17, 15) is 4.79 Å². The molecule has 1 aromatic heterocycles. The Labute approximate surface area is 97.9 Å². The van der Waals surface area contributed by atoms with Crippen LogP contribution in [0.4, 0.5) is 5.69 Å². The summed E-state index contributed by atoms with van der Waals surface area (Å²) in [6, 6.07) is 9.92. The van der Waals surface area contributed by atoms with E-state index in [4.69, 9.17) is 17.3 Å². The first-order valence-corrected chi connectivity index (χ1v) is 5.06. The number of carbonyl (C=O) groups excluding carboxylic acids is 1. The van der Waals surface area contributed by atoms with Gasteiger partial charge in [0.05, 0.1) is 0 Å². The molecular formula is C12H9ClN2O. The van der Waals surface area contributed by atoms with Gasteiger partial charge in [-0.1, -0.05) is 17.7 Å². The van der Waals surface area contributed by atoms with Crippen LogP contribution in [0.1, 0.15) is 16.1 Å². The summed E-state index contributed by atoms with van der Waals surface area (Å²) in [5, 5.41) is 0.444. The quantitative estimate of drug-likeness (QED) is 0.640. The summed E-state index contributed by atoms with van der Waals surface area (Å²) in [4.78, 5) is 16.0. The van der Waals surface area contributed by atoms with Crippen LogP contribution in [0.2, 0.25) is 5.02 Å². The minimum Gasteiger partial charge on any atom is -0.399 e. The maximum atomic E-state index is 12.0. The fourth-order valence-corrected chi connectivity index (χ4v) is 1.63. The van der Waals surface area contributed by atoms with Crippen LogP contribution >= 0.6 is 11.6 Å². The van der Waals surface area contributed by atoms with Crippen molar-refractivity contribution >= 4 is 23.1 Å². The lowest BCUT2D eigenvalue weighted by molar-refractivity contribution is 0.103. The van der Waals surface area contributed by atoms with Crippen LogP contribution in [0, 0.1) is 0 Å². The monoisotopic (exact) mass is 232 g/mol. The van der Waals surface area contributed by atoms with E-state index in [0.717, 1.165) is 0 Å². The maximum Gasteiger partial charge on any atom is 0.211 e. The van der Waals surface area contributed by atoms with E-state index in [1.165, 1.54) is 0 Å². The molecule has 4 heteroatoms. The van der Waals surface area contributed by atoms with E-state index in [-0.39, 0.29) is 5.78 Å². The molecule has 0 fully saturated rings. The predicted molar refractivity (Wildman–Crippen MR) is 63.5 cm³/mol. The zero-order chi connectivity index (χ0) is 11.5. The minimum absolute atomic E-state index is 0.185. The van der Waals surface area contributed by atoms with Gasteiger partial charge in [-0.3, -0.25) is 9.78 Å². The van der Waals surface area contributed by atoms with Gasteiger partial charge in [0.1, 0.15) is 5.69 Å². The lowest BCUT2D eigenvalue weighted by Gasteiger charge is -2.02. The average Bonchev–Trinajstić information content (AvgIpc) is 2.28. The summed E-state index contributed by atoms with van der Waals surface area (Å²) in [6.07, 6.45) is 1.57. The Morgan fingerprint density at radius 1 is 1.25 bits per heavy atom. The van der Waals surface area contributed by atoms with Gasteiger partial charge in [-0.25, -0.2) is 0 Å². The third-order valence-electron chi connectivity index (χ3n) is 2.08. The Kier molecular flexibility index (Phi) is 2.88. The first-order chi connectivity index (χ1) is 7.66. The highest BCUT2D eigenvalue weighted by Gasteiger charge is 2.10. The number of aromatic nitrogens is 1. The van der Waals surface area contributed by atoms with Gasteiger partial charge in [0.25, 0.3) is 0 Å². The Morgan fingerprint density at radius 2 is 2.06 bits per heavy atom. The van der Waals surface area contributed by atoms with Crippen molar-refractivity contribution in [2.24, 2.45) is 0 Å². The zero-order valence-corrected chi connectivity index (χ0v) is 9.11. The molecule has 2 N–H and O–H groups in total. The van der Waals surface area contributed by atoms with E-state index < -0.39 is 0 Å². The Hall–Kier alpha value is -1.87. The molecule has 16 heavy (non-hydrogen) atoms. The number of nitrogen functional groups attached to an aromatic ring is 1. The van der Waals surface area contributed by atoms with E-state index in [1.807, 2.05) is 0 Å². The molecule has 0 aliphatic carbocycles. The van der Waals surface area contributed by atoms with Gasteiger partial charge in [0.15, 0.2) is 0 Å². The third-order valence-corrected chi connectivity index (χ3v) is 2.30. The highest BCUT2D eigenvalue weighted by molar-refractivity contribution is 6.31. The van der Waals surface area contributed by atoms with Crippen molar-refractivity contribution in [3.63, 3.8) is 0 Å². The van der Waals surface area contributed by atoms with E-state index in [2.05, 4.69) is 4.98 Å². The van der Waals surface area contributed by atoms with Crippen molar-refractivity contribution in [2.75, 3.05) is 5.73 Å². The number of halogens is 1. The molecule has 2 aromatic rings. The highest BCUT2D eigenvalue weighted by Crippen LogP contribution is 2.18. The lowest BCUT2D eigenvalue weighted by atomic mass is 10.1. The Bertz CT molecular complexity index is 506.